The number of methoxy groups -OCH3 is 1. The fourth-order valence-electron chi connectivity index (χ4n) is 2.89. The molecule has 3 N–H and O–H groups in total. The summed E-state index contributed by atoms with van der Waals surface area (Å²) in [6.07, 6.45) is 0. The zero-order valence-corrected chi connectivity index (χ0v) is 15.1. The summed E-state index contributed by atoms with van der Waals surface area (Å²) in [6, 6.07) is 17.7. The van der Waals surface area contributed by atoms with Crippen LogP contribution in [-0.4, -0.2) is 23.4 Å². The number of hydrogen-bond acceptors (Lipinski definition) is 3. The molecule has 1 unspecified atom stereocenters. The topological polar surface area (TPSA) is 75.8 Å². The highest BCUT2D eigenvalue weighted by Gasteiger charge is 2.17. The molecule has 0 aliphatic carbocycles. The molecule has 0 spiro atoms. The van der Waals surface area contributed by atoms with Gasteiger partial charge in [-0.15, -0.1) is 0 Å². The minimum absolute atomic E-state index is 0.500. The van der Waals surface area contributed by atoms with Gasteiger partial charge >= 0.3 is 6.03 Å². The normalized spacial score (nSPS) is 11.4. The SMILES string of the molecule is COc1ccc2ccccc2c1C#Cc1cccc(C(C)N(O)C(N)=O)c1. The van der Waals surface area contributed by atoms with Gasteiger partial charge in [-0.2, -0.15) is 5.06 Å². The second-order valence-electron chi connectivity index (χ2n) is 6.10. The number of nitrogens with zero attached hydrogens (tertiary/aromatic N) is 1. The summed E-state index contributed by atoms with van der Waals surface area (Å²) in [5.41, 5.74) is 7.43. The Morgan fingerprint density at radius 1 is 1.11 bits per heavy atom. The monoisotopic (exact) mass is 360 g/mol. The van der Waals surface area contributed by atoms with E-state index in [9.17, 15) is 10.0 Å². The molecule has 0 saturated carbocycles. The summed E-state index contributed by atoms with van der Waals surface area (Å²) < 4.78 is 5.47. The molecule has 2 amide bonds. The Morgan fingerprint density at radius 2 is 1.89 bits per heavy atom. The fourth-order valence-corrected chi connectivity index (χ4v) is 2.89. The standard InChI is InChI=1S/C22H20N2O3/c1-15(24(26)22(23)25)18-8-5-6-16(14-18)10-12-20-19-9-4-3-7-17(19)11-13-21(20)27-2/h3-9,11,13-15,26H,1-2H3,(H2,23,25). The summed E-state index contributed by atoms with van der Waals surface area (Å²) in [5.74, 6) is 7.05. The van der Waals surface area contributed by atoms with Gasteiger partial charge in [-0.25, -0.2) is 4.79 Å². The van der Waals surface area contributed by atoms with Crippen LogP contribution < -0.4 is 10.5 Å². The molecule has 0 radical (unpaired) electrons. The van der Waals surface area contributed by atoms with Crippen molar-refractivity contribution in [2.24, 2.45) is 5.73 Å². The number of carbonyl (C=O) groups excluding carboxylic acids is 1. The van der Waals surface area contributed by atoms with Gasteiger partial charge in [-0.3, -0.25) is 5.21 Å². The Bertz CT molecular complexity index is 1050. The van der Waals surface area contributed by atoms with Crippen molar-refractivity contribution in [2.45, 2.75) is 13.0 Å². The summed E-state index contributed by atoms with van der Waals surface area (Å²) >= 11 is 0. The Hall–Kier alpha value is -3.49. The molecule has 0 fully saturated rings. The van der Waals surface area contributed by atoms with E-state index in [1.165, 1.54) is 0 Å². The number of amides is 2. The van der Waals surface area contributed by atoms with Crippen molar-refractivity contribution in [3.63, 3.8) is 0 Å². The second kappa shape index (κ2) is 7.81. The second-order valence-corrected chi connectivity index (χ2v) is 6.10. The smallest absolute Gasteiger partial charge is 0.339 e. The highest BCUT2D eigenvalue weighted by Crippen LogP contribution is 2.27. The number of hydroxylamine groups is 2. The summed E-state index contributed by atoms with van der Waals surface area (Å²) in [7, 11) is 1.62. The van der Waals surface area contributed by atoms with Gasteiger partial charge in [0.05, 0.1) is 18.7 Å². The lowest BCUT2D eigenvalue weighted by atomic mass is 10.0. The van der Waals surface area contributed by atoms with Gasteiger partial charge in [0, 0.05) is 10.9 Å². The predicted octanol–water partition coefficient (Wildman–Crippen LogP) is 4.08. The average molecular weight is 360 g/mol. The minimum Gasteiger partial charge on any atom is -0.495 e. The Kier molecular flexibility index (Phi) is 5.30. The van der Waals surface area contributed by atoms with Gasteiger partial charge in [0.2, 0.25) is 0 Å². The predicted molar refractivity (Wildman–Crippen MR) is 105 cm³/mol. The van der Waals surface area contributed by atoms with Crippen molar-refractivity contribution in [1.82, 2.24) is 5.06 Å². The van der Waals surface area contributed by atoms with Crippen LogP contribution >= 0.6 is 0 Å². The van der Waals surface area contributed by atoms with E-state index in [1.807, 2.05) is 54.6 Å². The summed E-state index contributed by atoms with van der Waals surface area (Å²) in [4.78, 5) is 11.2. The zero-order chi connectivity index (χ0) is 19.4. The highest BCUT2D eigenvalue weighted by atomic mass is 16.5. The Balaban J connectivity index is 2.01. The van der Waals surface area contributed by atoms with E-state index in [0.717, 1.165) is 27.5 Å². The molecule has 5 heteroatoms. The number of nitrogens with two attached hydrogens (primary N) is 1. The van der Waals surface area contributed by atoms with Crippen LogP contribution in [0, 0.1) is 11.8 Å². The number of hydrogen-bond donors (Lipinski definition) is 2. The van der Waals surface area contributed by atoms with E-state index in [4.69, 9.17) is 10.5 Å². The van der Waals surface area contributed by atoms with Crippen LogP contribution in [0.15, 0.2) is 60.7 Å². The molecule has 1 atom stereocenters. The van der Waals surface area contributed by atoms with Gasteiger partial charge in [-0.1, -0.05) is 54.3 Å². The largest absolute Gasteiger partial charge is 0.495 e. The third kappa shape index (κ3) is 3.86. The molecule has 0 aliphatic rings. The molecule has 0 saturated heterocycles. The lowest BCUT2D eigenvalue weighted by Gasteiger charge is -2.20. The summed E-state index contributed by atoms with van der Waals surface area (Å²) in [5, 5.41) is 12.3. The number of urea groups is 1. The van der Waals surface area contributed by atoms with Crippen molar-refractivity contribution in [3.8, 4) is 17.6 Å². The molecule has 0 bridgehead atoms. The number of ether oxygens (including phenoxy) is 1. The zero-order valence-electron chi connectivity index (χ0n) is 15.1. The maximum absolute atomic E-state index is 11.2. The summed E-state index contributed by atoms with van der Waals surface area (Å²) in [6.45, 7) is 1.69. The molecular weight excluding hydrogens is 340 g/mol. The number of primary amides is 1. The van der Waals surface area contributed by atoms with E-state index >= 15 is 0 Å². The van der Waals surface area contributed by atoms with Crippen LogP contribution in [-0.2, 0) is 0 Å². The maximum atomic E-state index is 11.2. The first kappa shape index (κ1) is 18.3. The van der Waals surface area contributed by atoms with Crippen molar-refractivity contribution in [3.05, 3.63) is 77.4 Å². The highest BCUT2D eigenvalue weighted by molar-refractivity contribution is 5.90. The fraction of sp³-hybridized carbons (Fsp3) is 0.136. The van der Waals surface area contributed by atoms with E-state index in [1.54, 1.807) is 20.1 Å². The van der Waals surface area contributed by atoms with Gasteiger partial charge in [0.1, 0.15) is 5.75 Å². The quantitative estimate of drug-likeness (QED) is 0.420. The number of fused-ring (bicyclic) bond motifs is 1. The van der Waals surface area contributed by atoms with E-state index in [0.29, 0.717) is 10.8 Å². The molecule has 3 rings (SSSR count). The maximum Gasteiger partial charge on any atom is 0.339 e. The first-order chi connectivity index (χ1) is 13.0. The molecular formula is C22H20N2O3. The van der Waals surface area contributed by atoms with Gasteiger partial charge in [0.15, 0.2) is 0 Å². The number of rotatable bonds is 3. The first-order valence-electron chi connectivity index (χ1n) is 8.46. The molecule has 0 heterocycles. The van der Waals surface area contributed by atoms with E-state index < -0.39 is 12.1 Å². The van der Waals surface area contributed by atoms with Crippen LogP contribution in [0.5, 0.6) is 5.75 Å². The lowest BCUT2D eigenvalue weighted by molar-refractivity contribution is -0.0710. The van der Waals surface area contributed by atoms with Crippen molar-refractivity contribution < 1.29 is 14.7 Å². The first-order valence-corrected chi connectivity index (χ1v) is 8.46. The van der Waals surface area contributed by atoms with Gasteiger partial charge in [0.25, 0.3) is 0 Å². The number of benzene rings is 3. The molecule has 0 aliphatic heterocycles. The van der Waals surface area contributed by atoms with Crippen LogP contribution in [0.25, 0.3) is 10.8 Å². The van der Waals surface area contributed by atoms with E-state index in [-0.39, 0.29) is 0 Å². The van der Waals surface area contributed by atoms with Crippen LogP contribution in [0.4, 0.5) is 4.79 Å². The third-order valence-electron chi connectivity index (χ3n) is 4.40. The van der Waals surface area contributed by atoms with E-state index in [2.05, 4.69) is 11.8 Å². The lowest BCUT2D eigenvalue weighted by Crippen LogP contribution is -2.34. The molecule has 0 aromatic heterocycles. The third-order valence-corrected chi connectivity index (χ3v) is 4.40. The van der Waals surface area contributed by atoms with Crippen LogP contribution in [0.1, 0.15) is 29.7 Å². The number of carbonyl (C=O) groups is 1. The molecule has 3 aromatic carbocycles. The van der Waals surface area contributed by atoms with Crippen molar-refractivity contribution in [2.75, 3.05) is 7.11 Å². The van der Waals surface area contributed by atoms with Crippen molar-refractivity contribution >= 4 is 16.8 Å². The Morgan fingerprint density at radius 3 is 2.63 bits per heavy atom. The Labute approximate surface area is 157 Å². The molecule has 27 heavy (non-hydrogen) atoms. The van der Waals surface area contributed by atoms with Crippen molar-refractivity contribution in [1.29, 1.82) is 0 Å². The average Bonchev–Trinajstić information content (AvgIpc) is 2.70. The minimum atomic E-state index is -0.903. The molecule has 3 aromatic rings. The van der Waals surface area contributed by atoms with Crippen LogP contribution in [0.3, 0.4) is 0 Å². The van der Waals surface area contributed by atoms with Gasteiger partial charge in [-0.05, 0) is 36.1 Å². The molecule has 136 valence electrons. The van der Waals surface area contributed by atoms with Crippen LogP contribution in [0.2, 0.25) is 0 Å². The van der Waals surface area contributed by atoms with Gasteiger partial charge < -0.3 is 10.5 Å². The molecule has 5 nitrogen and oxygen atoms in total.